The van der Waals surface area contributed by atoms with Crippen molar-refractivity contribution in [3.05, 3.63) is 69.7 Å². The van der Waals surface area contributed by atoms with Crippen LogP contribution in [0.1, 0.15) is 40.7 Å². The van der Waals surface area contributed by atoms with Crippen LogP contribution >= 0.6 is 11.6 Å². The molecule has 0 spiro atoms. The molecule has 0 fully saturated rings. The lowest BCUT2D eigenvalue weighted by molar-refractivity contribution is 0.147. The van der Waals surface area contributed by atoms with E-state index in [-0.39, 0.29) is 5.92 Å². The van der Waals surface area contributed by atoms with E-state index in [4.69, 9.17) is 17.3 Å². The van der Waals surface area contributed by atoms with Gasteiger partial charge in [-0.25, -0.2) is 0 Å². The Morgan fingerprint density at radius 3 is 2.62 bits per heavy atom. The van der Waals surface area contributed by atoms with Gasteiger partial charge < -0.3 is 10.8 Å². The minimum absolute atomic E-state index is 0.136. The Balaban J connectivity index is 1.90. The van der Waals surface area contributed by atoms with E-state index < -0.39 is 6.10 Å². The Kier molecular flexibility index (Phi) is 4.29. The molecule has 2 unspecified atom stereocenters. The average molecular weight is 302 g/mol. The smallest absolute Gasteiger partial charge is 0.0870 e. The highest BCUT2D eigenvalue weighted by molar-refractivity contribution is 6.30. The molecule has 3 N–H and O–H groups in total. The number of benzene rings is 2. The summed E-state index contributed by atoms with van der Waals surface area (Å²) in [6.45, 7) is 0.387. The summed E-state index contributed by atoms with van der Waals surface area (Å²) in [6.07, 6.45) is 2.88. The van der Waals surface area contributed by atoms with E-state index in [1.165, 1.54) is 17.5 Å². The molecule has 0 aromatic heterocycles. The van der Waals surface area contributed by atoms with E-state index in [1.807, 2.05) is 30.3 Å². The summed E-state index contributed by atoms with van der Waals surface area (Å²) in [6, 6.07) is 13.9. The second-order valence-corrected chi connectivity index (χ2v) is 6.16. The highest BCUT2D eigenvalue weighted by Gasteiger charge is 2.23. The quantitative estimate of drug-likeness (QED) is 0.906. The van der Waals surface area contributed by atoms with Crippen LogP contribution in [0.25, 0.3) is 0 Å². The van der Waals surface area contributed by atoms with Gasteiger partial charge in [0.1, 0.15) is 0 Å². The maximum atomic E-state index is 10.7. The fraction of sp³-hybridized carbons (Fsp3) is 0.333. The molecule has 2 aromatic rings. The third-order valence-corrected chi connectivity index (χ3v) is 4.61. The number of halogens is 1. The van der Waals surface area contributed by atoms with Gasteiger partial charge in [-0.2, -0.15) is 0 Å². The fourth-order valence-electron chi connectivity index (χ4n) is 3.19. The predicted octanol–water partition coefficient (Wildman–Crippen LogP) is 3.60. The molecule has 21 heavy (non-hydrogen) atoms. The highest BCUT2D eigenvalue weighted by Crippen LogP contribution is 2.33. The van der Waals surface area contributed by atoms with Gasteiger partial charge in [-0.1, -0.05) is 41.9 Å². The van der Waals surface area contributed by atoms with E-state index in [2.05, 4.69) is 12.1 Å². The maximum absolute atomic E-state index is 10.7. The predicted molar refractivity (Wildman–Crippen MR) is 86.7 cm³/mol. The first-order valence-electron chi connectivity index (χ1n) is 7.44. The molecule has 1 aliphatic rings. The van der Waals surface area contributed by atoms with Crippen molar-refractivity contribution < 1.29 is 5.11 Å². The second-order valence-electron chi connectivity index (χ2n) is 5.72. The Bertz CT molecular complexity index is 641. The minimum Gasteiger partial charge on any atom is -0.388 e. The third kappa shape index (κ3) is 2.98. The molecule has 0 aliphatic heterocycles. The van der Waals surface area contributed by atoms with Crippen LogP contribution in [0.2, 0.25) is 5.02 Å². The normalized spacial score (nSPS) is 16.5. The summed E-state index contributed by atoms with van der Waals surface area (Å²) in [7, 11) is 0. The van der Waals surface area contributed by atoms with Gasteiger partial charge in [-0.3, -0.25) is 0 Å². The first kappa shape index (κ1) is 14.6. The molecular weight excluding hydrogens is 282 g/mol. The molecule has 3 rings (SSSR count). The van der Waals surface area contributed by atoms with Gasteiger partial charge >= 0.3 is 0 Å². The Morgan fingerprint density at radius 2 is 1.86 bits per heavy atom. The number of aliphatic hydroxyl groups excluding tert-OH is 1. The van der Waals surface area contributed by atoms with Crippen molar-refractivity contribution >= 4 is 11.6 Å². The lowest BCUT2D eigenvalue weighted by Gasteiger charge is -2.23. The molecule has 2 atom stereocenters. The van der Waals surface area contributed by atoms with Crippen molar-refractivity contribution in [1.82, 2.24) is 0 Å². The van der Waals surface area contributed by atoms with E-state index in [0.29, 0.717) is 11.6 Å². The highest BCUT2D eigenvalue weighted by atomic mass is 35.5. The summed E-state index contributed by atoms with van der Waals surface area (Å²) in [5.74, 6) is -0.136. The van der Waals surface area contributed by atoms with Crippen LogP contribution in [0.3, 0.4) is 0 Å². The van der Waals surface area contributed by atoms with Gasteiger partial charge in [0.2, 0.25) is 0 Å². The van der Waals surface area contributed by atoms with Crippen LogP contribution in [-0.2, 0) is 12.8 Å². The van der Waals surface area contributed by atoms with E-state index >= 15 is 0 Å². The summed E-state index contributed by atoms with van der Waals surface area (Å²) < 4.78 is 0. The molecule has 1 aliphatic carbocycles. The number of hydrogen-bond acceptors (Lipinski definition) is 2. The first-order valence-corrected chi connectivity index (χ1v) is 7.82. The summed E-state index contributed by atoms with van der Waals surface area (Å²) in [5.41, 5.74) is 10.6. The Hall–Kier alpha value is -1.35. The van der Waals surface area contributed by atoms with Gasteiger partial charge in [0, 0.05) is 17.5 Å². The molecule has 0 heterocycles. The molecule has 2 aromatic carbocycles. The zero-order valence-electron chi connectivity index (χ0n) is 11.9. The standard InChI is InChI=1S/C18H20ClNO/c19-16-6-2-5-14(10-16)17(11-20)18(21)15-8-7-12-3-1-4-13(12)9-15/h2,5-10,17-18,21H,1,3-4,11,20H2. The lowest BCUT2D eigenvalue weighted by atomic mass is 9.88. The Labute approximate surface area is 130 Å². The topological polar surface area (TPSA) is 46.2 Å². The Morgan fingerprint density at radius 1 is 1.05 bits per heavy atom. The third-order valence-electron chi connectivity index (χ3n) is 4.38. The molecule has 0 saturated carbocycles. The molecule has 110 valence electrons. The molecule has 0 radical (unpaired) electrons. The number of nitrogens with two attached hydrogens (primary N) is 1. The van der Waals surface area contributed by atoms with Gasteiger partial charge in [0.05, 0.1) is 6.10 Å². The first-order chi connectivity index (χ1) is 10.2. The largest absolute Gasteiger partial charge is 0.388 e. The van der Waals surface area contributed by atoms with Gasteiger partial charge in [-0.15, -0.1) is 0 Å². The number of aryl methyl sites for hydroxylation is 2. The molecule has 0 amide bonds. The minimum atomic E-state index is -0.598. The monoisotopic (exact) mass is 301 g/mol. The zero-order valence-corrected chi connectivity index (χ0v) is 12.7. The van der Waals surface area contributed by atoms with Crippen LogP contribution in [0.15, 0.2) is 42.5 Å². The van der Waals surface area contributed by atoms with Gasteiger partial charge in [-0.05, 0) is 53.6 Å². The van der Waals surface area contributed by atoms with Crippen LogP contribution in [-0.4, -0.2) is 11.7 Å². The number of fused-ring (bicyclic) bond motifs is 1. The van der Waals surface area contributed by atoms with Crippen LogP contribution in [0.4, 0.5) is 0 Å². The maximum Gasteiger partial charge on any atom is 0.0870 e. The van der Waals surface area contributed by atoms with Crippen LogP contribution in [0, 0.1) is 0 Å². The van der Waals surface area contributed by atoms with Crippen molar-refractivity contribution in [2.75, 3.05) is 6.54 Å². The van der Waals surface area contributed by atoms with Crippen molar-refractivity contribution in [1.29, 1.82) is 0 Å². The second kappa shape index (κ2) is 6.18. The van der Waals surface area contributed by atoms with Crippen LogP contribution in [0.5, 0.6) is 0 Å². The van der Waals surface area contributed by atoms with Crippen LogP contribution < -0.4 is 5.73 Å². The number of hydrogen-bond donors (Lipinski definition) is 2. The summed E-state index contributed by atoms with van der Waals surface area (Å²) >= 11 is 6.05. The number of aliphatic hydroxyl groups is 1. The molecular formula is C18H20ClNO. The van der Waals surface area contributed by atoms with E-state index in [0.717, 1.165) is 24.0 Å². The fourth-order valence-corrected chi connectivity index (χ4v) is 3.39. The zero-order chi connectivity index (χ0) is 14.8. The van der Waals surface area contributed by atoms with Gasteiger partial charge in [0.25, 0.3) is 0 Å². The molecule has 0 saturated heterocycles. The van der Waals surface area contributed by atoms with E-state index in [9.17, 15) is 5.11 Å². The average Bonchev–Trinajstić information content (AvgIpc) is 2.95. The van der Waals surface area contributed by atoms with Crippen molar-refractivity contribution in [2.45, 2.75) is 31.3 Å². The van der Waals surface area contributed by atoms with E-state index in [1.54, 1.807) is 0 Å². The SMILES string of the molecule is NCC(c1cccc(Cl)c1)C(O)c1ccc2c(c1)CCC2. The molecule has 3 heteroatoms. The van der Waals surface area contributed by atoms with Crippen molar-refractivity contribution in [3.8, 4) is 0 Å². The summed E-state index contributed by atoms with van der Waals surface area (Å²) in [4.78, 5) is 0. The molecule has 0 bridgehead atoms. The number of rotatable bonds is 4. The molecule has 2 nitrogen and oxygen atoms in total. The lowest BCUT2D eigenvalue weighted by Crippen LogP contribution is -2.20. The van der Waals surface area contributed by atoms with Gasteiger partial charge in [0.15, 0.2) is 0 Å². The summed E-state index contributed by atoms with van der Waals surface area (Å²) in [5, 5.41) is 11.4. The van der Waals surface area contributed by atoms with Crippen molar-refractivity contribution in [3.63, 3.8) is 0 Å². The van der Waals surface area contributed by atoms with Crippen molar-refractivity contribution in [2.24, 2.45) is 5.73 Å².